The van der Waals surface area contributed by atoms with Gasteiger partial charge in [-0.25, -0.2) is 23.1 Å². The van der Waals surface area contributed by atoms with Crippen LogP contribution in [-0.4, -0.2) is 37.5 Å². The summed E-state index contributed by atoms with van der Waals surface area (Å²) in [5.41, 5.74) is 3.43. The highest BCUT2D eigenvalue weighted by Gasteiger charge is 2.30. The van der Waals surface area contributed by atoms with Crippen molar-refractivity contribution in [1.82, 2.24) is 14.7 Å². The Hall–Kier alpha value is -1.99. The van der Waals surface area contributed by atoms with Crippen LogP contribution in [0, 0.1) is 6.92 Å². The second-order valence-corrected chi connectivity index (χ2v) is 8.56. The molecular formula is C18H22N4O2S. The summed E-state index contributed by atoms with van der Waals surface area (Å²) < 4.78 is 28.0. The Labute approximate surface area is 148 Å². The lowest BCUT2D eigenvalue weighted by atomic mass is 10.2. The van der Waals surface area contributed by atoms with Gasteiger partial charge in [0.25, 0.3) is 0 Å². The molecule has 2 aromatic rings. The third-order valence-corrected chi connectivity index (χ3v) is 6.53. The first-order chi connectivity index (χ1) is 12.0. The van der Waals surface area contributed by atoms with Crippen molar-refractivity contribution in [1.29, 1.82) is 0 Å². The van der Waals surface area contributed by atoms with Gasteiger partial charge in [0.1, 0.15) is 12.1 Å². The highest BCUT2D eigenvalue weighted by Crippen LogP contribution is 2.30. The van der Waals surface area contributed by atoms with Crippen molar-refractivity contribution < 1.29 is 8.42 Å². The van der Waals surface area contributed by atoms with E-state index in [2.05, 4.69) is 19.6 Å². The molecule has 0 spiro atoms. The van der Waals surface area contributed by atoms with E-state index in [0.29, 0.717) is 11.4 Å². The molecule has 0 unspecified atom stereocenters. The van der Waals surface area contributed by atoms with Gasteiger partial charge in [-0.05, 0) is 44.7 Å². The molecule has 1 aliphatic carbocycles. The number of sulfonamides is 1. The molecular weight excluding hydrogens is 336 g/mol. The van der Waals surface area contributed by atoms with E-state index in [1.807, 2.05) is 19.1 Å². The number of rotatable bonds is 4. The lowest BCUT2D eigenvalue weighted by Gasteiger charge is -2.20. The van der Waals surface area contributed by atoms with Crippen LogP contribution in [0.4, 0.5) is 5.82 Å². The minimum Gasteiger partial charge on any atom is -0.355 e. The van der Waals surface area contributed by atoms with E-state index in [1.54, 1.807) is 18.5 Å². The van der Waals surface area contributed by atoms with Crippen molar-refractivity contribution in [3.63, 3.8) is 0 Å². The number of nitrogens with one attached hydrogen (secondary N) is 1. The average molecular weight is 358 g/mol. The summed E-state index contributed by atoms with van der Waals surface area (Å²) in [6.45, 7) is 3.40. The summed E-state index contributed by atoms with van der Waals surface area (Å²) in [6, 6.07) is 6.85. The van der Waals surface area contributed by atoms with E-state index < -0.39 is 10.0 Å². The minimum atomic E-state index is -3.49. The predicted octanol–water partition coefficient (Wildman–Crippen LogP) is 1.83. The summed E-state index contributed by atoms with van der Waals surface area (Å²) in [7, 11) is -3.49. The second-order valence-electron chi connectivity index (χ2n) is 6.84. The van der Waals surface area contributed by atoms with Crippen molar-refractivity contribution in [3.8, 4) is 0 Å². The highest BCUT2D eigenvalue weighted by atomic mass is 32.2. The number of aryl methyl sites for hydroxylation is 2. The molecule has 1 aromatic heterocycles. The summed E-state index contributed by atoms with van der Waals surface area (Å²) in [4.78, 5) is 11.3. The van der Waals surface area contributed by atoms with E-state index in [1.165, 1.54) is 5.56 Å². The molecule has 0 amide bonds. The standard InChI is InChI=1S/C18H22N4O2S/c1-13-5-7-15(8-6-13)25(23,24)21-14-9-10-22(11-14)18-16-3-2-4-17(16)19-12-20-18/h5-8,12,14,21H,2-4,9-11H2,1H3/t14-/m1/s1. The van der Waals surface area contributed by atoms with Gasteiger partial charge in [0, 0.05) is 30.4 Å². The Morgan fingerprint density at radius 3 is 2.76 bits per heavy atom. The van der Waals surface area contributed by atoms with E-state index in [0.717, 1.165) is 49.3 Å². The molecule has 1 aliphatic heterocycles. The molecule has 2 aliphatic rings. The zero-order chi connectivity index (χ0) is 17.4. The van der Waals surface area contributed by atoms with Gasteiger partial charge in [-0.15, -0.1) is 0 Å². The maximum atomic E-state index is 12.6. The van der Waals surface area contributed by atoms with E-state index in [4.69, 9.17) is 0 Å². The molecule has 6 nitrogen and oxygen atoms in total. The maximum absolute atomic E-state index is 12.6. The number of fused-ring (bicyclic) bond motifs is 1. The third-order valence-electron chi connectivity index (χ3n) is 4.99. The second kappa shape index (κ2) is 6.38. The topological polar surface area (TPSA) is 75.2 Å². The molecule has 7 heteroatoms. The lowest BCUT2D eigenvalue weighted by Crippen LogP contribution is -2.37. The molecule has 2 heterocycles. The van der Waals surface area contributed by atoms with Crippen molar-refractivity contribution in [2.75, 3.05) is 18.0 Å². The molecule has 0 radical (unpaired) electrons. The highest BCUT2D eigenvalue weighted by molar-refractivity contribution is 7.89. The minimum absolute atomic E-state index is 0.0988. The Morgan fingerprint density at radius 1 is 1.16 bits per heavy atom. The first kappa shape index (κ1) is 16.5. The summed E-state index contributed by atoms with van der Waals surface area (Å²) in [6.07, 6.45) is 5.56. The van der Waals surface area contributed by atoms with Gasteiger partial charge >= 0.3 is 0 Å². The summed E-state index contributed by atoms with van der Waals surface area (Å²) >= 11 is 0. The molecule has 4 rings (SSSR count). The molecule has 1 aromatic carbocycles. The lowest BCUT2D eigenvalue weighted by molar-refractivity contribution is 0.561. The fraction of sp³-hybridized carbons (Fsp3) is 0.444. The van der Waals surface area contributed by atoms with Gasteiger partial charge in [0.2, 0.25) is 10.0 Å². The van der Waals surface area contributed by atoms with Gasteiger partial charge in [-0.3, -0.25) is 0 Å². The number of benzene rings is 1. The maximum Gasteiger partial charge on any atom is 0.240 e. The Balaban J connectivity index is 1.48. The van der Waals surface area contributed by atoms with Crippen LogP contribution in [-0.2, 0) is 22.9 Å². The predicted molar refractivity (Wildman–Crippen MR) is 96.2 cm³/mol. The molecule has 1 saturated heterocycles. The van der Waals surface area contributed by atoms with Gasteiger partial charge in [0.05, 0.1) is 4.90 Å². The molecule has 0 bridgehead atoms. The fourth-order valence-corrected chi connectivity index (χ4v) is 4.93. The van der Waals surface area contributed by atoms with Gasteiger partial charge in [-0.1, -0.05) is 17.7 Å². The van der Waals surface area contributed by atoms with Crippen molar-refractivity contribution in [3.05, 3.63) is 47.4 Å². The molecule has 25 heavy (non-hydrogen) atoms. The molecule has 0 saturated carbocycles. The quantitative estimate of drug-likeness (QED) is 0.902. The van der Waals surface area contributed by atoms with Crippen molar-refractivity contribution in [2.24, 2.45) is 0 Å². The van der Waals surface area contributed by atoms with E-state index in [-0.39, 0.29) is 6.04 Å². The molecule has 1 fully saturated rings. The van der Waals surface area contributed by atoms with Gasteiger partial charge in [0.15, 0.2) is 0 Å². The number of aromatic nitrogens is 2. The van der Waals surface area contributed by atoms with Crippen molar-refractivity contribution in [2.45, 2.75) is 43.5 Å². The van der Waals surface area contributed by atoms with E-state index >= 15 is 0 Å². The Kier molecular flexibility index (Phi) is 4.21. The van der Waals surface area contributed by atoms with Crippen LogP contribution in [0.25, 0.3) is 0 Å². The SMILES string of the molecule is Cc1ccc(S(=O)(=O)N[C@@H]2CCN(c3ncnc4c3CCC4)C2)cc1. The normalized spacial score (nSPS) is 20.0. The van der Waals surface area contributed by atoms with Crippen LogP contribution >= 0.6 is 0 Å². The van der Waals surface area contributed by atoms with Crippen LogP contribution in [0.3, 0.4) is 0 Å². The molecule has 1 N–H and O–H groups in total. The summed E-state index contributed by atoms with van der Waals surface area (Å²) in [5, 5.41) is 0. The number of hydrogen-bond donors (Lipinski definition) is 1. The zero-order valence-electron chi connectivity index (χ0n) is 14.3. The van der Waals surface area contributed by atoms with Crippen molar-refractivity contribution >= 4 is 15.8 Å². The molecule has 1 atom stereocenters. The first-order valence-electron chi connectivity index (χ1n) is 8.69. The average Bonchev–Trinajstić information content (AvgIpc) is 3.23. The number of anilines is 1. The smallest absolute Gasteiger partial charge is 0.240 e. The third kappa shape index (κ3) is 3.26. The largest absolute Gasteiger partial charge is 0.355 e. The molecule has 132 valence electrons. The Bertz CT molecular complexity index is 880. The van der Waals surface area contributed by atoms with Crippen LogP contribution < -0.4 is 9.62 Å². The number of nitrogens with zero attached hydrogens (tertiary/aromatic N) is 3. The number of hydrogen-bond acceptors (Lipinski definition) is 5. The van der Waals surface area contributed by atoms with Gasteiger partial charge in [-0.2, -0.15) is 0 Å². The zero-order valence-corrected chi connectivity index (χ0v) is 15.1. The van der Waals surface area contributed by atoms with Crippen LogP contribution in [0.5, 0.6) is 0 Å². The van der Waals surface area contributed by atoms with Crippen LogP contribution in [0.15, 0.2) is 35.5 Å². The summed E-state index contributed by atoms with van der Waals surface area (Å²) in [5.74, 6) is 0.986. The fourth-order valence-electron chi connectivity index (χ4n) is 3.67. The Morgan fingerprint density at radius 2 is 1.96 bits per heavy atom. The van der Waals surface area contributed by atoms with Gasteiger partial charge < -0.3 is 4.90 Å². The van der Waals surface area contributed by atoms with E-state index in [9.17, 15) is 8.42 Å². The first-order valence-corrected chi connectivity index (χ1v) is 10.2. The van der Waals surface area contributed by atoms with Crippen LogP contribution in [0.1, 0.15) is 29.7 Å². The van der Waals surface area contributed by atoms with Crippen LogP contribution in [0.2, 0.25) is 0 Å². The monoisotopic (exact) mass is 358 g/mol.